The lowest BCUT2D eigenvalue weighted by molar-refractivity contribution is -0.137. The molecular formula is C20H25N3O4. The van der Waals surface area contributed by atoms with Crippen molar-refractivity contribution in [3.05, 3.63) is 35.5 Å². The summed E-state index contributed by atoms with van der Waals surface area (Å²) in [6.45, 7) is 3.85. The molecule has 0 aliphatic carbocycles. The molecule has 3 amide bonds. The van der Waals surface area contributed by atoms with Crippen LogP contribution >= 0.6 is 0 Å². The second kappa shape index (κ2) is 8.35. The van der Waals surface area contributed by atoms with Gasteiger partial charge in [0.1, 0.15) is 5.70 Å². The number of likely N-dealkylation sites (tertiary alicyclic amines) is 1. The van der Waals surface area contributed by atoms with E-state index in [2.05, 4.69) is 5.32 Å². The zero-order valence-corrected chi connectivity index (χ0v) is 15.8. The third kappa shape index (κ3) is 4.03. The molecule has 0 saturated carbocycles. The molecule has 0 bridgehead atoms. The van der Waals surface area contributed by atoms with Gasteiger partial charge >= 0.3 is 0 Å². The van der Waals surface area contributed by atoms with Gasteiger partial charge in [0.15, 0.2) is 0 Å². The third-order valence-corrected chi connectivity index (χ3v) is 4.79. The normalized spacial score (nSPS) is 17.3. The summed E-state index contributed by atoms with van der Waals surface area (Å²) in [5, 5.41) is 2.71. The number of nitrogens with one attached hydrogen (secondary N) is 1. The van der Waals surface area contributed by atoms with Gasteiger partial charge in [-0.15, -0.1) is 0 Å². The molecule has 1 saturated heterocycles. The summed E-state index contributed by atoms with van der Waals surface area (Å²) in [6.07, 6.45) is 2.64. The van der Waals surface area contributed by atoms with Crippen LogP contribution in [0.3, 0.4) is 0 Å². The fourth-order valence-electron chi connectivity index (χ4n) is 3.55. The first kappa shape index (κ1) is 19.1. The van der Waals surface area contributed by atoms with Gasteiger partial charge in [-0.25, -0.2) is 0 Å². The summed E-state index contributed by atoms with van der Waals surface area (Å²) in [6, 6.07) is 7.05. The topological polar surface area (TPSA) is 79.0 Å². The molecule has 7 nitrogen and oxygen atoms in total. The van der Waals surface area contributed by atoms with Crippen LogP contribution in [0.25, 0.3) is 5.57 Å². The number of anilines is 1. The number of nitrogens with zero attached hydrogens (tertiary/aromatic N) is 2. The number of imide groups is 1. The maximum absolute atomic E-state index is 13.1. The molecule has 0 spiro atoms. The molecule has 0 unspecified atom stereocenters. The zero-order chi connectivity index (χ0) is 19.4. The van der Waals surface area contributed by atoms with Gasteiger partial charge in [0.25, 0.3) is 11.8 Å². The number of ether oxygens (including phenoxy) is 1. The van der Waals surface area contributed by atoms with Gasteiger partial charge in [-0.05, 0) is 37.0 Å². The van der Waals surface area contributed by atoms with Gasteiger partial charge in [0, 0.05) is 46.0 Å². The molecule has 1 fully saturated rings. The number of hydrogen-bond acceptors (Lipinski definition) is 5. The molecule has 2 aliphatic rings. The van der Waals surface area contributed by atoms with Crippen molar-refractivity contribution in [2.45, 2.75) is 26.2 Å². The highest BCUT2D eigenvalue weighted by Gasteiger charge is 2.41. The van der Waals surface area contributed by atoms with E-state index >= 15 is 0 Å². The van der Waals surface area contributed by atoms with E-state index in [0.29, 0.717) is 42.1 Å². The standard InChI is InChI=1S/C20H25N3O4/c1-14(24)21-16-8-6-15(7-9-16)17-18(22-10-3-4-11-22)20(26)23(19(17)25)12-5-13-27-2/h6-9H,3-5,10-13H2,1-2H3,(H,21,24). The first-order chi connectivity index (χ1) is 13.0. The van der Waals surface area contributed by atoms with Crippen LogP contribution in [0.1, 0.15) is 31.7 Å². The minimum absolute atomic E-state index is 0.156. The van der Waals surface area contributed by atoms with Crippen LogP contribution in [0.2, 0.25) is 0 Å². The monoisotopic (exact) mass is 371 g/mol. The second-order valence-electron chi connectivity index (χ2n) is 6.78. The smallest absolute Gasteiger partial charge is 0.277 e. The molecule has 3 rings (SSSR count). The molecule has 0 aromatic heterocycles. The van der Waals surface area contributed by atoms with Crippen LogP contribution in [-0.2, 0) is 19.1 Å². The van der Waals surface area contributed by atoms with Gasteiger partial charge in [0.05, 0.1) is 5.57 Å². The fourth-order valence-corrected chi connectivity index (χ4v) is 3.55. The van der Waals surface area contributed by atoms with E-state index in [1.807, 2.05) is 4.90 Å². The maximum atomic E-state index is 13.1. The summed E-state index contributed by atoms with van der Waals surface area (Å²) < 4.78 is 5.05. The molecule has 27 heavy (non-hydrogen) atoms. The summed E-state index contributed by atoms with van der Waals surface area (Å²) in [7, 11) is 1.60. The fraction of sp³-hybridized carbons (Fsp3) is 0.450. The van der Waals surface area contributed by atoms with E-state index in [4.69, 9.17) is 4.74 Å². The molecule has 2 heterocycles. The molecule has 144 valence electrons. The lowest BCUT2D eigenvalue weighted by Crippen LogP contribution is -2.35. The van der Waals surface area contributed by atoms with Gasteiger partial charge in [0.2, 0.25) is 5.91 Å². The van der Waals surface area contributed by atoms with Gasteiger partial charge in [-0.3, -0.25) is 19.3 Å². The number of rotatable bonds is 7. The molecule has 1 aromatic carbocycles. The van der Waals surface area contributed by atoms with Crippen LogP contribution in [0.15, 0.2) is 30.0 Å². The van der Waals surface area contributed by atoms with Crippen molar-refractivity contribution in [2.75, 3.05) is 38.7 Å². The zero-order valence-electron chi connectivity index (χ0n) is 15.8. The van der Waals surface area contributed by atoms with Crippen molar-refractivity contribution in [1.82, 2.24) is 9.80 Å². The minimum atomic E-state index is -0.259. The summed E-state index contributed by atoms with van der Waals surface area (Å²) >= 11 is 0. The van der Waals surface area contributed by atoms with Crippen molar-refractivity contribution in [1.29, 1.82) is 0 Å². The number of amides is 3. The van der Waals surface area contributed by atoms with E-state index in [0.717, 1.165) is 25.9 Å². The van der Waals surface area contributed by atoms with Crippen LogP contribution in [-0.4, -0.2) is 60.9 Å². The molecule has 0 radical (unpaired) electrons. The highest BCUT2D eigenvalue weighted by atomic mass is 16.5. The average Bonchev–Trinajstić information content (AvgIpc) is 3.24. The predicted molar refractivity (Wildman–Crippen MR) is 102 cm³/mol. The Morgan fingerprint density at radius 1 is 1.11 bits per heavy atom. The molecule has 1 aromatic rings. The van der Waals surface area contributed by atoms with E-state index in [1.54, 1.807) is 31.4 Å². The lowest BCUT2D eigenvalue weighted by atomic mass is 10.0. The Bertz CT molecular complexity index is 764. The quantitative estimate of drug-likeness (QED) is 0.585. The van der Waals surface area contributed by atoms with Crippen molar-refractivity contribution < 1.29 is 19.1 Å². The van der Waals surface area contributed by atoms with Gasteiger partial charge in [-0.1, -0.05) is 12.1 Å². The molecule has 0 atom stereocenters. The Morgan fingerprint density at radius 3 is 2.37 bits per heavy atom. The Balaban J connectivity index is 1.92. The largest absolute Gasteiger partial charge is 0.385 e. The summed E-state index contributed by atoms with van der Waals surface area (Å²) in [5.74, 6) is -0.639. The summed E-state index contributed by atoms with van der Waals surface area (Å²) in [4.78, 5) is 40.6. The number of benzene rings is 1. The first-order valence-electron chi connectivity index (χ1n) is 9.25. The van der Waals surface area contributed by atoms with E-state index < -0.39 is 0 Å². The van der Waals surface area contributed by atoms with Crippen molar-refractivity contribution in [3.63, 3.8) is 0 Å². The second-order valence-corrected chi connectivity index (χ2v) is 6.78. The molecular weight excluding hydrogens is 346 g/mol. The van der Waals surface area contributed by atoms with Gasteiger partial charge < -0.3 is 15.0 Å². The molecule has 1 N–H and O–H groups in total. The number of methoxy groups -OCH3 is 1. The number of hydrogen-bond donors (Lipinski definition) is 1. The van der Waals surface area contributed by atoms with E-state index in [1.165, 1.54) is 11.8 Å². The molecule has 2 aliphatic heterocycles. The average molecular weight is 371 g/mol. The Morgan fingerprint density at radius 2 is 1.78 bits per heavy atom. The molecule has 7 heteroatoms. The van der Waals surface area contributed by atoms with Gasteiger partial charge in [-0.2, -0.15) is 0 Å². The van der Waals surface area contributed by atoms with Crippen LogP contribution in [0.5, 0.6) is 0 Å². The third-order valence-electron chi connectivity index (χ3n) is 4.79. The van der Waals surface area contributed by atoms with Crippen LogP contribution in [0.4, 0.5) is 5.69 Å². The van der Waals surface area contributed by atoms with E-state index in [-0.39, 0.29) is 17.7 Å². The highest BCUT2D eigenvalue weighted by Crippen LogP contribution is 2.33. The first-order valence-corrected chi connectivity index (χ1v) is 9.25. The highest BCUT2D eigenvalue weighted by molar-refractivity contribution is 6.35. The minimum Gasteiger partial charge on any atom is -0.385 e. The van der Waals surface area contributed by atoms with E-state index in [9.17, 15) is 14.4 Å². The van der Waals surface area contributed by atoms with Crippen molar-refractivity contribution in [2.24, 2.45) is 0 Å². The lowest BCUT2D eigenvalue weighted by Gasteiger charge is -2.20. The predicted octanol–water partition coefficient (Wildman–Crippen LogP) is 1.86. The van der Waals surface area contributed by atoms with Crippen molar-refractivity contribution >= 4 is 29.0 Å². The summed E-state index contributed by atoms with van der Waals surface area (Å²) in [5.41, 5.74) is 2.30. The number of carbonyl (C=O) groups is 3. The van der Waals surface area contributed by atoms with Crippen LogP contribution in [0, 0.1) is 0 Å². The maximum Gasteiger partial charge on any atom is 0.277 e. The number of carbonyl (C=O) groups excluding carboxylic acids is 3. The Kier molecular flexibility index (Phi) is 5.91. The Labute approximate surface area is 159 Å². The van der Waals surface area contributed by atoms with Crippen molar-refractivity contribution in [3.8, 4) is 0 Å². The van der Waals surface area contributed by atoms with Crippen LogP contribution < -0.4 is 5.32 Å². The Hall–Kier alpha value is -2.67. The SMILES string of the molecule is COCCCN1C(=O)C(c2ccc(NC(C)=O)cc2)=C(N2CCCC2)C1=O.